The molecule has 0 saturated heterocycles. The van der Waals surface area contributed by atoms with Gasteiger partial charge in [0.05, 0.1) is 12.8 Å². The highest BCUT2D eigenvalue weighted by atomic mass is 16.5. The summed E-state index contributed by atoms with van der Waals surface area (Å²) in [4.78, 5) is 12.2. The van der Waals surface area contributed by atoms with Gasteiger partial charge in [-0.05, 0) is 43.3 Å². The first-order valence-corrected chi connectivity index (χ1v) is 7.63. The van der Waals surface area contributed by atoms with Crippen molar-refractivity contribution in [3.8, 4) is 11.4 Å². The molecular formula is C17H20N4O2. The van der Waals surface area contributed by atoms with Gasteiger partial charge in [-0.25, -0.2) is 4.68 Å². The van der Waals surface area contributed by atoms with E-state index in [1.54, 1.807) is 24.1 Å². The summed E-state index contributed by atoms with van der Waals surface area (Å²) in [6, 6.07) is 9.23. The first kappa shape index (κ1) is 15.3. The van der Waals surface area contributed by atoms with Gasteiger partial charge in [-0.1, -0.05) is 11.6 Å². The number of nitrogens with one attached hydrogen (secondary N) is 2. The minimum absolute atomic E-state index is 0.156. The summed E-state index contributed by atoms with van der Waals surface area (Å²) in [7, 11) is 1.63. The van der Waals surface area contributed by atoms with Crippen LogP contribution < -0.4 is 15.4 Å². The summed E-state index contributed by atoms with van der Waals surface area (Å²) in [5, 5.41) is 10.5. The average molecular weight is 312 g/mol. The Morgan fingerprint density at radius 2 is 2.17 bits per heavy atom. The fourth-order valence-electron chi connectivity index (χ4n) is 2.44. The number of aromatic nitrogens is 2. The summed E-state index contributed by atoms with van der Waals surface area (Å²) in [6.45, 7) is 2.42. The number of amides is 1. The van der Waals surface area contributed by atoms with Crippen LogP contribution in [0.25, 0.3) is 5.69 Å². The van der Waals surface area contributed by atoms with Crippen molar-refractivity contribution >= 4 is 5.91 Å². The fourth-order valence-corrected chi connectivity index (χ4v) is 2.44. The summed E-state index contributed by atoms with van der Waals surface area (Å²) >= 11 is 0. The molecule has 0 fully saturated rings. The zero-order valence-electron chi connectivity index (χ0n) is 13.1. The minimum atomic E-state index is -0.156. The van der Waals surface area contributed by atoms with Gasteiger partial charge < -0.3 is 15.4 Å². The maximum Gasteiger partial charge on any atom is 0.272 e. The van der Waals surface area contributed by atoms with E-state index in [1.807, 2.05) is 24.3 Å². The lowest BCUT2D eigenvalue weighted by Gasteiger charge is -2.14. The van der Waals surface area contributed by atoms with E-state index in [2.05, 4.69) is 21.8 Å². The predicted molar refractivity (Wildman–Crippen MR) is 88.0 cm³/mol. The third-order valence-corrected chi connectivity index (χ3v) is 3.79. The maximum atomic E-state index is 12.2. The summed E-state index contributed by atoms with van der Waals surface area (Å²) in [5.41, 5.74) is 2.55. The number of carbonyl (C=O) groups excluding carboxylic acids is 1. The molecule has 2 N–H and O–H groups in total. The van der Waals surface area contributed by atoms with E-state index >= 15 is 0 Å². The third kappa shape index (κ3) is 3.78. The molecule has 2 aromatic rings. The van der Waals surface area contributed by atoms with Crippen LogP contribution in [0, 0.1) is 0 Å². The van der Waals surface area contributed by atoms with Crippen molar-refractivity contribution in [2.45, 2.75) is 6.42 Å². The van der Waals surface area contributed by atoms with Crippen LogP contribution in [-0.2, 0) is 0 Å². The number of benzene rings is 1. The first-order valence-electron chi connectivity index (χ1n) is 7.63. The molecule has 2 heterocycles. The van der Waals surface area contributed by atoms with Gasteiger partial charge >= 0.3 is 0 Å². The van der Waals surface area contributed by atoms with Gasteiger partial charge in [-0.2, -0.15) is 5.10 Å². The Hall–Kier alpha value is -2.60. The van der Waals surface area contributed by atoms with Crippen molar-refractivity contribution in [1.82, 2.24) is 20.4 Å². The highest BCUT2D eigenvalue weighted by molar-refractivity contribution is 5.92. The molecule has 120 valence electrons. The topological polar surface area (TPSA) is 68.2 Å². The third-order valence-electron chi connectivity index (χ3n) is 3.79. The number of nitrogens with zero attached hydrogens (tertiary/aromatic N) is 2. The van der Waals surface area contributed by atoms with E-state index in [9.17, 15) is 4.79 Å². The Bertz CT molecular complexity index is 704. The summed E-state index contributed by atoms with van der Waals surface area (Å²) in [6.07, 6.45) is 4.88. The predicted octanol–water partition coefficient (Wildman–Crippen LogP) is 1.53. The van der Waals surface area contributed by atoms with E-state index in [-0.39, 0.29) is 5.91 Å². The number of hydrogen-bond acceptors (Lipinski definition) is 4. The van der Waals surface area contributed by atoms with Gasteiger partial charge in [-0.3, -0.25) is 4.79 Å². The highest BCUT2D eigenvalue weighted by Crippen LogP contribution is 2.14. The number of carbonyl (C=O) groups is 1. The van der Waals surface area contributed by atoms with Crippen LogP contribution in [0.5, 0.6) is 5.75 Å². The van der Waals surface area contributed by atoms with Crippen LogP contribution >= 0.6 is 0 Å². The van der Waals surface area contributed by atoms with Gasteiger partial charge in [0.2, 0.25) is 0 Å². The Kier molecular flexibility index (Phi) is 4.73. The second-order valence-electron chi connectivity index (χ2n) is 5.34. The molecule has 6 nitrogen and oxygen atoms in total. The quantitative estimate of drug-likeness (QED) is 0.822. The molecule has 0 saturated carbocycles. The van der Waals surface area contributed by atoms with Gasteiger partial charge in [0.25, 0.3) is 5.91 Å². The molecule has 0 radical (unpaired) electrons. The van der Waals surface area contributed by atoms with Crippen molar-refractivity contribution in [2.75, 3.05) is 26.7 Å². The zero-order valence-corrected chi connectivity index (χ0v) is 13.1. The van der Waals surface area contributed by atoms with E-state index < -0.39 is 0 Å². The smallest absolute Gasteiger partial charge is 0.272 e. The van der Waals surface area contributed by atoms with Crippen LogP contribution in [0.4, 0.5) is 0 Å². The summed E-state index contributed by atoms with van der Waals surface area (Å²) < 4.78 is 6.81. The standard InChI is InChI=1S/C17H20N4O2/c1-23-15-4-2-14(3-5-15)21-11-8-16(20-21)17(22)19-12-13-6-9-18-10-7-13/h2-6,8,11,18H,7,9-10,12H2,1H3,(H,19,22). The van der Waals surface area contributed by atoms with Crippen LogP contribution in [0.1, 0.15) is 16.9 Å². The Labute approximate surface area is 135 Å². The van der Waals surface area contributed by atoms with Crippen LogP contribution in [-0.4, -0.2) is 42.4 Å². The second-order valence-corrected chi connectivity index (χ2v) is 5.34. The molecule has 23 heavy (non-hydrogen) atoms. The minimum Gasteiger partial charge on any atom is -0.497 e. The average Bonchev–Trinajstić information content (AvgIpc) is 3.11. The van der Waals surface area contributed by atoms with Crippen LogP contribution in [0.15, 0.2) is 48.2 Å². The Morgan fingerprint density at radius 3 is 2.87 bits per heavy atom. The zero-order chi connectivity index (χ0) is 16.1. The van der Waals surface area contributed by atoms with Crippen molar-refractivity contribution in [3.63, 3.8) is 0 Å². The lowest BCUT2D eigenvalue weighted by Crippen LogP contribution is -2.29. The van der Waals surface area contributed by atoms with E-state index in [1.165, 1.54) is 5.57 Å². The number of rotatable bonds is 5. The van der Waals surface area contributed by atoms with Crippen molar-refractivity contribution in [3.05, 3.63) is 53.9 Å². The lowest BCUT2D eigenvalue weighted by atomic mass is 10.1. The normalized spacial score (nSPS) is 14.2. The SMILES string of the molecule is COc1ccc(-n2ccc(C(=O)NCC3=CCNCC3)n2)cc1. The number of methoxy groups -OCH3 is 1. The Balaban J connectivity index is 1.63. The lowest BCUT2D eigenvalue weighted by molar-refractivity contribution is 0.0951. The Morgan fingerprint density at radius 1 is 1.35 bits per heavy atom. The van der Waals surface area contributed by atoms with Gasteiger partial charge in [0.15, 0.2) is 5.69 Å². The molecule has 0 spiro atoms. The van der Waals surface area contributed by atoms with Crippen LogP contribution in [0.3, 0.4) is 0 Å². The van der Waals surface area contributed by atoms with Crippen molar-refractivity contribution in [1.29, 1.82) is 0 Å². The number of ether oxygens (including phenoxy) is 1. The largest absolute Gasteiger partial charge is 0.497 e. The molecule has 1 amide bonds. The molecule has 0 bridgehead atoms. The second kappa shape index (κ2) is 7.11. The monoisotopic (exact) mass is 312 g/mol. The summed E-state index contributed by atoms with van der Waals surface area (Å²) in [5.74, 6) is 0.630. The van der Waals surface area contributed by atoms with E-state index in [0.29, 0.717) is 12.2 Å². The molecular weight excluding hydrogens is 292 g/mol. The maximum absolute atomic E-state index is 12.2. The molecule has 0 unspecified atom stereocenters. The molecule has 6 heteroatoms. The molecule has 3 rings (SSSR count). The highest BCUT2D eigenvalue weighted by Gasteiger charge is 2.11. The number of hydrogen-bond donors (Lipinski definition) is 2. The van der Waals surface area contributed by atoms with E-state index in [4.69, 9.17) is 4.74 Å². The molecule has 1 aromatic carbocycles. The van der Waals surface area contributed by atoms with Gasteiger partial charge in [0, 0.05) is 19.3 Å². The molecule has 1 aliphatic heterocycles. The van der Waals surface area contributed by atoms with Crippen molar-refractivity contribution < 1.29 is 9.53 Å². The fraction of sp³-hybridized carbons (Fsp3) is 0.294. The first-order chi connectivity index (χ1) is 11.3. The molecule has 0 atom stereocenters. The molecule has 1 aliphatic rings. The molecule has 0 aliphatic carbocycles. The van der Waals surface area contributed by atoms with Crippen molar-refractivity contribution in [2.24, 2.45) is 0 Å². The van der Waals surface area contributed by atoms with Gasteiger partial charge in [0.1, 0.15) is 5.75 Å². The van der Waals surface area contributed by atoms with Crippen LogP contribution in [0.2, 0.25) is 0 Å². The van der Waals surface area contributed by atoms with E-state index in [0.717, 1.165) is 30.9 Å². The molecule has 1 aromatic heterocycles. The van der Waals surface area contributed by atoms with Gasteiger partial charge in [-0.15, -0.1) is 0 Å².